The van der Waals surface area contributed by atoms with Crippen molar-refractivity contribution in [1.29, 1.82) is 0 Å². The quantitative estimate of drug-likeness (QED) is 0.0478. The first-order valence-electron chi connectivity index (χ1n) is 26.1. The van der Waals surface area contributed by atoms with Crippen molar-refractivity contribution < 1.29 is 23.8 Å². The molecule has 0 spiro atoms. The lowest BCUT2D eigenvalue weighted by molar-refractivity contribution is -0.123. The van der Waals surface area contributed by atoms with Crippen molar-refractivity contribution in [1.82, 2.24) is 42.8 Å². The van der Waals surface area contributed by atoms with Gasteiger partial charge in [-0.05, 0) is 86.6 Å². The molecule has 7 heterocycles. The first-order valence-corrected chi connectivity index (χ1v) is 27.8. The summed E-state index contributed by atoms with van der Waals surface area (Å²) < 4.78 is 23.0. The van der Waals surface area contributed by atoms with Gasteiger partial charge in [-0.3, -0.25) is 19.2 Å². The number of anilines is 6. The van der Waals surface area contributed by atoms with E-state index in [4.69, 9.17) is 52.4 Å². The number of aromatic nitrogens is 6. The fourth-order valence-electron chi connectivity index (χ4n) is 10.3. The number of pyridine rings is 2. The number of piperazine rings is 1. The maximum absolute atomic E-state index is 14.2. The fourth-order valence-corrected chi connectivity index (χ4v) is 11.0. The van der Waals surface area contributed by atoms with Crippen molar-refractivity contribution in [3.05, 3.63) is 91.2 Å². The van der Waals surface area contributed by atoms with E-state index in [2.05, 4.69) is 69.0 Å². The molecule has 10 rings (SSSR count). The minimum absolute atomic E-state index is 0.00181. The summed E-state index contributed by atoms with van der Waals surface area (Å²) in [6.07, 6.45) is 9.28. The van der Waals surface area contributed by atoms with Crippen LogP contribution in [0.5, 0.6) is 11.5 Å². The number of hydrogen-bond donors (Lipinski definition) is 4. The smallest absolute Gasteiger partial charge is 0.293 e. The lowest BCUT2D eigenvalue weighted by atomic mass is 9.94. The normalized spacial score (nSPS) is 17.6. The number of piperidine rings is 1. The van der Waals surface area contributed by atoms with E-state index in [1.165, 1.54) is 7.05 Å². The number of carbonyl (C=O) groups excluding carboxylic acids is 2. The van der Waals surface area contributed by atoms with Crippen LogP contribution in [0.15, 0.2) is 64.3 Å². The summed E-state index contributed by atoms with van der Waals surface area (Å²) in [5.41, 5.74) is 2.54. The lowest BCUT2D eigenvalue weighted by Crippen LogP contribution is -2.42. The van der Waals surface area contributed by atoms with Gasteiger partial charge in [0.2, 0.25) is 11.9 Å². The van der Waals surface area contributed by atoms with Gasteiger partial charge in [-0.25, -0.2) is 13.1 Å². The molecule has 3 saturated heterocycles. The largest absolute Gasteiger partial charge is 0.478 e. The van der Waals surface area contributed by atoms with Gasteiger partial charge in [0.1, 0.15) is 10.0 Å². The van der Waals surface area contributed by atoms with E-state index in [9.17, 15) is 19.2 Å². The molecule has 402 valence electrons. The molecule has 4 aromatic heterocycles. The van der Waals surface area contributed by atoms with Crippen LogP contribution in [0.2, 0.25) is 10.0 Å². The second-order valence-electron chi connectivity index (χ2n) is 20.0. The molecule has 0 radical (unpaired) electrons. The summed E-state index contributed by atoms with van der Waals surface area (Å²) in [4.78, 5) is 77.3. The standard InChI is InChI=1S/C53H62Cl2IN13O7/c1-32-7-6-15-66(27-32)53-62-40(47(55)49(64-53)61-37-11-13-42-35(22-37)24-44(75-30-45(70)57-2)51(73)69(42)38-8-4-3-5-9-38)26-58-46(71)31-76-43-23-34-21-36(10-12-41(34)68(50(43)72)16-14-33-28-74-29-33)60-48-39(54)25-59-52(63-48)65-17-19-67(56)20-18-65/h10-13,21-25,32-33,38H,3-9,14-20,26-31H2,1-2H3,(H,57,70)(H,58,71)(H,59,60,63)(H,61,62,64)/t32-/m0/s1. The minimum atomic E-state index is -0.493. The third kappa shape index (κ3) is 12.4. The maximum atomic E-state index is 14.2. The van der Waals surface area contributed by atoms with E-state index < -0.39 is 12.5 Å². The van der Waals surface area contributed by atoms with Gasteiger partial charge in [-0.2, -0.15) is 9.97 Å². The number of ether oxygens (including phenoxy) is 3. The number of fused-ring (bicyclic) bond motifs is 2. The number of benzene rings is 2. The Morgan fingerprint density at radius 3 is 2.13 bits per heavy atom. The van der Waals surface area contributed by atoms with Crippen molar-refractivity contribution in [2.45, 2.75) is 77.4 Å². The number of likely N-dealkylation sites (N-methyl/N-ethyl adjacent to an activating group) is 1. The first-order chi connectivity index (χ1) is 36.9. The predicted octanol–water partition coefficient (Wildman–Crippen LogP) is 7.76. The van der Waals surface area contributed by atoms with Gasteiger partial charge < -0.3 is 54.4 Å². The van der Waals surface area contributed by atoms with Crippen LogP contribution in [-0.4, -0.2) is 117 Å². The molecule has 1 aliphatic carbocycles. The Morgan fingerprint density at radius 2 is 1.43 bits per heavy atom. The van der Waals surface area contributed by atoms with E-state index in [-0.39, 0.29) is 52.7 Å². The molecule has 0 unspecified atom stereocenters. The van der Waals surface area contributed by atoms with Crippen molar-refractivity contribution in [2.75, 3.05) is 93.2 Å². The van der Waals surface area contributed by atoms with E-state index in [1.54, 1.807) is 22.9 Å². The average Bonchev–Trinajstić information content (AvgIpc) is 3.41. The molecule has 23 heteroatoms. The van der Waals surface area contributed by atoms with Gasteiger partial charge in [0.05, 0.1) is 42.7 Å². The van der Waals surface area contributed by atoms with Gasteiger partial charge in [0.15, 0.2) is 36.3 Å². The molecule has 2 amide bonds. The Kier molecular flexibility index (Phi) is 16.9. The van der Waals surface area contributed by atoms with Crippen LogP contribution in [0.3, 0.4) is 0 Å². The number of rotatable bonds is 18. The summed E-state index contributed by atoms with van der Waals surface area (Å²) in [6, 6.07) is 14.7. The molecule has 0 bridgehead atoms. The highest BCUT2D eigenvalue weighted by Gasteiger charge is 2.26. The van der Waals surface area contributed by atoms with Crippen LogP contribution in [-0.2, 0) is 27.4 Å². The van der Waals surface area contributed by atoms with Gasteiger partial charge in [0.25, 0.3) is 22.9 Å². The van der Waals surface area contributed by atoms with Crippen LogP contribution in [0.4, 0.5) is 34.9 Å². The maximum Gasteiger partial charge on any atom is 0.293 e. The Labute approximate surface area is 463 Å². The number of hydrogen-bond acceptors (Lipinski definition) is 16. The molecule has 3 aliphatic heterocycles. The summed E-state index contributed by atoms with van der Waals surface area (Å²) >= 11 is 16.1. The van der Waals surface area contributed by atoms with E-state index in [1.807, 2.05) is 41.0 Å². The second kappa shape index (κ2) is 24.1. The number of nitrogens with one attached hydrogen (secondary N) is 4. The molecule has 4 fully saturated rings. The number of nitrogens with zero attached hydrogens (tertiary/aromatic N) is 9. The van der Waals surface area contributed by atoms with E-state index in [0.717, 1.165) is 102 Å². The molecule has 1 saturated carbocycles. The molecular formula is C53H62Cl2IN13O7. The molecule has 4 N–H and O–H groups in total. The Morgan fingerprint density at radius 1 is 0.763 bits per heavy atom. The summed E-state index contributed by atoms with van der Waals surface area (Å²) in [5.74, 6) is 1.86. The number of amides is 2. The second-order valence-corrected chi connectivity index (χ2v) is 22.2. The molecule has 2 aromatic carbocycles. The van der Waals surface area contributed by atoms with Gasteiger partial charge in [-0.1, -0.05) is 49.4 Å². The zero-order chi connectivity index (χ0) is 52.9. The topological polar surface area (TPSA) is 215 Å². The van der Waals surface area contributed by atoms with Gasteiger partial charge in [-0.15, -0.1) is 0 Å². The number of carbonyl (C=O) groups is 2. The first kappa shape index (κ1) is 53.4. The molecule has 20 nitrogen and oxygen atoms in total. The van der Waals surface area contributed by atoms with Crippen LogP contribution in [0, 0.1) is 11.8 Å². The highest BCUT2D eigenvalue weighted by molar-refractivity contribution is 14.1. The zero-order valence-electron chi connectivity index (χ0n) is 42.6. The lowest BCUT2D eigenvalue weighted by Gasteiger charge is -2.31. The monoisotopic (exact) mass is 1190 g/mol. The van der Waals surface area contributed by atoms with Crippen LogP contribution >= 0.6 is 46.1 Å². The third-order valence-electron chi connectivity index (χ3n) is 14.5. The summed E-state index contributed by atoms with van der Waals surface area (Å²) in [7, 11) is 1.52. The number of aryl methyl sites for hydroxylation is 1. The highest BCUT2D eigenvalue weighted by atomic mass is 127. The van der Waals surface area contributed by atoms with Crippen molar-refractivity contribution in [2.24, 2.45) is 11.8 Å². The third-order valence-corrected chi connectivity index (χ3v) is 16.2. The zero-order valence-corrected chi connectivity index (χ0v) is 46.3. The van der Waals surface area contributed by atoms with Crippen LogP contribution in [0.25, 0.3) is 21.8 Å². The number of halogens is 3. The Bertz CT molecular complexity index is 3240. The average molecular weight is 1190 g/mol. The Hall–Kier alpha value is -6.01. The summed E-state index contributed by atoms with van der Waals surface area (Å²) in [6.45, 7) is 7.96. The predicted molar refractivity (Wildman–Crippen MR) is 303 cm³/mol. The minimum Gasteiger partial charge on any atom is -0.478 e. The van der Waals surface area contributed by atoms with E-state index in [0.29, 0.717) is 88.1 Å². The van der Waals surface area contributed by atoms with E-state index >= 15 is 0 Å². The molecular weight excluding hydrogens is 1130 g/mol. The molecule has 76 heavy (non-hydrogen) atoms. The summed E-state index contributed by atoms with van der Waals surface area (Å²) in [5, 5.41) is 14.2. The molecule has 4 aliphatic rings. The van der Waals surface area contributed by atoms with Crippen molar-refractivity contribution >= 4 is 115 Å². The SMILES string of the molecule is CNC(=O)COc1cc2cc(Nc3nc(N4CCC[C@H](C)C4)nc(CNC(=O)COc4cc5cc(Nc6nc(N7CCN(I)CC7)ncc6Cl)ccc5n(CCC5COC5)c4=O)c3Cl)ccc2n(C2CCCCC2)c1=O. The van der Waals surface area contributed by atoms with Gasteiger partial charge in [0, 0.05) is 110 Å². The van der Waals surface area contributed by atoms with Crippen molar-refractivity contribution in [3.8, 4) is 11.5 Å². The fraction of sp³-hybridized carbons (Fsp3) is 0.472. The molecule has 1 atom stereocenters. The Balaban J connectivity index is 0.887. The van der Waals surface area contributed by atoms with Crippen LogP contribution in [0.1, 0.15) is 70.0 Å². The molecule has 6 aromatic rings. The van der Waals surface area contributed by atoms with Crippen molar-refractivity contribution in [3.63, 3.8) is 0 Å². The van der Waals surface area contributed by atoms with Crippen LogP contribution < -0.4 is 51.7 Å². The highest BCUT2D eigenvalue weighted by Crippen LogP contribution is 2.35. The van der Waals surface area contributed by atoms with Gasteiger partial charge >= 0.3 is 0 Å².